The third kappa shape index (κ3) is 4.59. The molecule has 2 aliphatic rings. The number of dihydropyridines is 1. The van der Waals surface area contributed by atoms with E-state index in [1.807, 2.05) is 13.0 Å². The molecule has 0 amide bonds. The number of aliphatic hydroxyl groups is 1. The molecule has 2 aromatic heterocycles. The number of H-pyrrole nitrogens is 1. The fourth-order valence-electron chi connectivity index (χ4n) is 4.31. The van der Waals surface area contributed by atoms with Crippen LogP contribution >= 0.6 is 0 Å². The Morgan fingerprint density at radius 2 is 2.06 bits per heavy atom. The van der Waals surface area contributed by atoms with E-state index in [-0.39, 0.29) is 24.7 Å². The maximum absolute atomic E-state index is 14.0. The topological polar surface area (TPSA) is 102 Å². The number of aromatic amines is 1. The Kier molecular flexibility index (Phi) is 5.74. The molecular weight excluding hydrogens is 459 g/mol. The molecule has 0 saturated carbocycles. The predicted octanol–water partition coefficient (Wildman–Crippen LogP) is 2.31. The number of hydrogen-bond acceptors (Lipinski definition) is 6. The molecule has 3 N–H and O–H groups in total. The van der Waals surface area contributed by atoms with Crippen LogP contribution in [0.15, 0.2) is 36.3 Å². The number of alkyl halides is 3. The molecule has 0 spiro atoms. The standard InChI is InChI=1S/C21H26F3N5O3S/c1-4-33(31,32)28-7-8-29(17(12-28)21(22,23)24)18-10-14(11-20(3,30)27-18)15-5-6-25-19-16(15)9-13(2)26-19/h5-6,9-11,17,27,30H,4,7-8,12H2,1-3H3,(H,25,26). The summed E-state index contributed by atoms with van der Waals surface area (Å²) in [6.45, 7) is 3.75. The van der Waals surface area contributed by atoms with Crippen molar-refractivity contribution in [3.05, 3.63) is 47.6 Å². The average molecular weight is 486 g/mol. The van der Waals surface area contributed by atoms with E-state index in [0.717, 1.165) is 20.3 Å². The van der Waals surface area contributed by atoms with Gasteiger partial charge in [-0.2, -0.15) is 17.5 Å². The number of hydrogen-bond donors (Lipinski definition) is 3. The summed E-state index contributed by atoms with van der Waals surface area (Å²) < 4.78 is 67.4. The minimum Gasteiger partial charge on any atom is -0.368 e. The van der Waals surface area contributed by atoms with Gasteiger partial charge < -0.3 is 20.3 Å². The zero-order valence-corrected chi connectivity index (χ0v) is 19.3. The van der Waals surface area contributed by atoms with E-state index in [4.69, 9.17) is 0 Å². The third-order valence-corrected chi connectivity index (χ3v) is 7.72. The van der Waals surface area contributed by atoms with Gasteiger partial charge in [0.25, 0.3) is 0 Å². The Hall–Kier alpha value is -2.57. The van der Waals surface area contributed by atoms with Crippen molar-refractivity contribution in [3.8, 4) is 0 Å². The van der Waals surface area contributed by atoms with Gasteiger partial charge in [-0.15, -0.1) is 0 Å². The number of halogens is 3. The molecular formula is C21H26F3N5O3S. The summed E-state index contributed by atoms with van der Waals surface area (Å²) in [6, 6.07) is 1.56. The van der Waals surface area contributed by atoms with Crippen molar-refractivity contribution in [1.82, 2.24) is 24.5 Å². The minimum absolute atomic E-state index is 0.0746. The second kappa shape index (κ2) is 8.03. The van der Waals surface area contributed by atoms with Gasteiger partial charge in [0.2, 0.25) is 10.0 Å². The number of sulfonamides is 1. The number of aryl methyl sites for hydroxylation is 1. The van der Waals surface area contributed by atoms with Gasteiger partial charge in [0.1, 0.15) is 17.5 Å². The first-order valence-electron chi connectivity index (χ1n) is 10.5. The second-order valence-corrected chi connectivity index (χ2v) is 10.7. The molecule has 2 aromatic rings. The normalized spacial score (nSPS) is 25.1. The van der Waals surface area contributed by atoms with Crippen LogP contribution in [0.3, 0.4) is 0 Å². The summed E-state index contributed by atoms with van der Waals surface area (Å²) in [5.41, 5.74) is 1.12. The van der Waals surface area contributed by atoms with Gasteiger partial charge in [-0.25, -0.2) is 13.4 Å². The zero-order valence-electron chi connectivity index (χ0n) is 18.4. The van der Waals surface area contributed by atoms with Crippen LogP contribution in [0.2, 0.25) is 0 Å². The highest BCUT2D eigenvalue weighted by atomic mass is 32.2. The van der Waals surface area contributed by atoms with Crippen molar-refractivity contribution in [1.29, 1.82) is 0 Å². The summed E-state index contributed by atoms with van der Waals surface area (Å²) in [4.78, 5) is 8.50. The first kappa shape index (κ1) is 23.6. The van der Waals surface area contributed by atoms with E-state index >= 15 is 0 Å². The lowest BCUT2D eigenvalue weighted by atomic mass is 9.97. The summed E-state index contributed by atoms with van der Waals surface area (Å²) in [6.07, 6.45) is -0.00326. The molecule has 0 radical (unpaired) electrons. The maximum atomic E-state index is 14.0. The van der Waals surface area contributed by atoms with Crippen LogP contribution in [-0.2, 0) is 10.0 Å². The van der Waals surface area contributed by atoms with Gasteiger partial charge in [-0.1, -0.05) is 0 Å². The van der Waals surface area contributed by atoms with E-state index < -0.39 is 34.5 Å². The molecule has 2 unspecified atom stereocenters. The highest BCUT2D eigenvalue weighted by molar-refractivity contribution is 7.89. The van der Waals surface area contributed by atoms with Gasteiger partial charge in [0.15, 0.2) is 5.72 Å². The SMILES string of the molecule is CCS(=O)(=O)N1CCN(C2=CC(c3ccnc4[nH]c(C)cc34)=CC(C)(O)N2)C(C(F)(F)F)C1. The fraction of sp³-hybridized carbons (Fsp3) is 0.476. The number of fused-ring (bicyclic) bond motifs is 1. The monoisotopic (exact) mass is 485 g/mol. The highest BCUT2D eigenvalue weighted by Gasteiger charge is 2.49. The third-order valence-electron chi connectivity index (χ3n) is 5.88. The van der Waals surface area contributed by atoms with Crippen molar-refractivity contribution in [2.75, 3.05) is 25.4 Å². The molecule has 0 aromatic carbocycles. The Bertz CT molecular complexity index is 1230. The van der Waals surface area contributed by atoms with Gasteiger partial charge >= 0.3 is 6.18 Å². The summed E-state index contributed by atoms with van der Waals surface area (Å²) >= 11 is 0. The number of aromatic nitrogens is 2. The van der Waals surface area contributed by atoms with Gasteiger partial charge in [-0.3, -0.25) is 0 Å². The van der Waals surface area contributed by atoms with Gasteiger partial charge in [0, 0.05) is 36.9 Å². The van der Waals surface area contributed by atoms with Crippen molar-refractivity contribution < 1.29 is 26.7 Å². The Morgan fingerprint density at radius 1 is 1.33 bits per heavy atom. The quantitative estimate of drug-likeness (QED) is 0.615. The first-order chi connectivity index (χ1) is 15.3. The van der Waals surface area contributed by atoms with Crippen molar-refractivity contribution in [2.45, 2.75) is 38.7 Å². The number of nitrogens with one attached hydrogen (secondary N) is 2. The van der Waals surface area contributed by atoms with E-state index in [9.17, 15) is 26.7 Å². The van der Waals surface area contributed by atoms with Crippen molar-refractivity contribution >= 4 is 26.6 Å². The number of pyridine rings is 1. The van der Waals surface area contributed by atoms with Crippen LogP contribution in [0, 0.1) is 6.92 Å². The number of nitrogens with zero attached hydrogens (tertiary/aromatic N) is 3. The Morgan fingerprint density at radius 3 is 2.73 bits per heavy atom. The van der Waals surface area contributed by atoms with Crippen LogP contribution in [0.5, 0.6) is 0 Å². The smallest absolute Gasteiger partial charge is 0.368 e. The Labute approximate surface area is 189 Å². The molecule has 1 saturated heterocycles. The summed E-state index contributed by atoms with van der Waals surface area (Å²) in [5.74, 6) is -0.195. The molecule has 4 heterocycles. The van der Waals surface area contributed by atoms with Crippen LogP contribution < -0.4 is 5.32 Å². The molecule has 4 rings (SSSR count). The molecule has 0 aliphatic carbocycles. The van der Waals surface area contributed by atoms with Crippen LogP contribution in [0.25, 0.3) is 16.6 Å². The van der Waals surface area contributed by atoms with Gasteiger partial charge in [0.05, 0.1) is 5.75 Å². The molecule has 1 fully saturated rings. The Balaban J connectivity index is 1.75. The van der Waals surface area contributed by atoms with E-state index in [1.165, 1.54) is 19.9 Å². The molecule has 2 aliphatic heterocycles. The molecule has 8 nitrogen and oxygen atoms in total. The maximum Gasteiger partial charge on any atom is 0.410 e. The lowest BCUT2D eigenvalue weighted by Gasteiger charge is -2.45. The number of allylic oxidation sites excluding steroid dienone is 2. The van der Waals surface area contributed by atoms with Crippen molar-refractivity contribution in [2.24, 2.45) is 0 Å². The fourth-order valence-corrected chi connectivity index (χ4v) is 5.40. The molecule has 2 atom stereocenters. The lowest BCUT2D eigenvalue weighted by Crippen LogP contribution is -2.62. The first-order valence-corrected chi connectivity index (χ1v) is 12.1. The zero-order chi connectivity index (χ0) is 24.2. The van der Waals surface area contributed by atoms with Crippen LogP contribution in [-0.4, -0.2) is 76.0 Å². The molecule has 180 valence electrons. The number of piperazine rings is 1. The summed E-state index contributed by atoms with van der Waals surface area (Å²) in [5, 5.41) is 14.4. The predicted molar refractivity (Wildman–Crippen MR) is 118 cm³/mol. The van der Waals surface area contributed by atoms with Crippen LogP contribution in [0.4, 0.5) is 13.2 Å². The molecule has 0 bridgehead atoms. The summed E-state index contributed by atoms with van der Waals surface area (Å²) in [7, 11) is -3.77. The molecule has 12 heteroatoms. The second-order valence-electron chi connectivity index (χ2n) is 8.48. The van der Waals surface area contributed by atoms with Crippen LogP contribution in [0.1, 0.15) is 25.1 Å². The van der Waals surface area contributed by atoms with E-state index in [2.05, 4.69) is 15.3 Å². The largest absolute Gasteiger partial charge is 0.410 e. The minimum atomic E-state index is -4.68. The highest BCUT2D eigenvalue weighted by Crippen LogP contribution is 2.35. The van der Waals surface area contributed by atoms with Crippen molar-refractivity contribution in [3.63, 3.8) is 0 Å². The van der Waals surface area contributed by atoms with E-state index in [1.54, 1.807) is 18.3 Å². The van der Waals surface area contributed by atoms with E-state index in [0.29, 0.717) is 16.8 Å². The molecule has 33 heavy (non-hydrogen) atoms. The number of rotatable bonds is 4. The van der Waals surface area contributed by atoms with Gasteiger partial charge in [-0.05, 0) is 56.2 Å². The lowest BCUT2D eigenvalue weighted by molar-refractivity contribution is -0.188. The average Bonchev–Trinajstić information content (AvgIpc) is 3.11.